The normalized spacial score (nSPS) is 13.8. The number of nitrogens with two attached hydrogens (primary N) is 2. The second-order valence-electron chi connectivity index (χ2n) is 5.21. The minimum Gasteiger partial charge on any atom is -0.480 e. The topological polar surface area (TPSA) is 214 Å². The average Bonchev–Trinajstić information content (AvgIpc) is 2.59. The lowest BCUT2D eigenvalue weighted by atomic mass is 10.1. The van der Waals surface area contributed by atoms with Gasteiger partial charge in [0.05, 0.1) is 13.2 Å². The molecule has 0 heterocycles. The summed E-state index contributed by atoms with van der Waals surface area (Å²) in [5.74, 6) is -4.57. The van der Waals surface area contributed by atoms with Crippen molar-refractivity contribution in [3.05, 3.63) is 0 Å². The highest BCUT2D eigenvalue weighted by atomic mass is 32.1. The molecule has 13 heteroatoms. The lowest BCUT2D eigenvalue weighted by molar-refractivity contribution is -0.141. The zero-order valence-corrected chi connectivity index (χ0v) is 14.7. The van der Waals surface area contributed by atoms with E-state index in [9.17, 15) is 24.0 Å². The molecule has 0 aliphatic heterocycles. The van der Waals surface area contributed by atoms with Gasteiger partial charge in [0.2, 0.25) is 23.6 Å². The van der Waals surface area contributed by atoms with Crippen molar-refractivity contribution in [2.24, 2.45) is 11.5 Å². The molecule has 0 rings (SSSR count). The quantitative estimate of drug-likeness (QED) is 0.151. The predicted molar refractivity (Wildman–Crippen MR) is 91.8 cm³/mol. The smallest absolute Gasteiger partial charge is 0.327 e. The van der Waals surface area contributed by atoms with Gasteiger partial charge in [-0.2, -0.15) is 12.6 Å². The molecule has 26 heavy (non-hydrogen) atoms. The van der Waals surface area contributed by atoms with E-state index in [1.165, 1.54) is 0 Å². The van der Waals surface area contributed by atoms with Crippen molar-refractivity contribution in [2.75, 3.05) is 18.9 Å². The molecular formula is C13H23N5O7S. The van der Waals surface area contributed by atoms with Crippen LogP contribution in [0.3, 0.4) is 0 Å². The molecule has 0 aromatic carbocycles. The summed E-state index contributed by atoms with van der Waals surface area (Å²) in [6.07, 6.45) is -0.374. The minimum absolute atomic E-state index is 0.147. The predicted octanol–water partition coefficient (Wildman–Crippen LogP) is -4.33. The molecular weight excluding hydrogens is 370 g/mol. The standard InChI is InChI=1S/C13H23N5O7S/c14-6(4-19)11(22)18-7(1-2-9(15)20)12(23)16-3-10(21)17-8(5-26)13(24)25/h6-8,19,26H,1-5,14H2,(H2,15,20)(H,16,23)(H,17,21)(H,18,22)(H,24,25). The van der Waals surface area contributed by atoms with Crippen molar-refractivity contribution in [3.8, 4) is 0 Å². The molecule has 0 spiro atoms. The van der Waals surface area contributed by atoms with Crippen LogP contribution in [0.5, 0.6) is 0 Å². The van der Waals surface area contributed by atoms with Crippen LogP contribution in [0.2, 0.25) is 0 Å². The van der Waals surface area contributed by atoms with E-state index < -0.39 is 60.9 Å². The first-order valence-electron chi connectivity index (χ1n) is 7.48. The largest absolute Gasteiger partial charge is 0.480 e. The lowest BCUT2D eigenvalue weighted by Crippen LogP contribution is -2.54. The maximum Gasteiger partial charge on any atom is 0.327 e. The van der Waals surface area contributed by atoms with E-state index in [1.807, 2.05) is 0 Å². The van der Waals surface area contributed by atoms with Gasteiger partial charge in [-0.1, -0.05) is 0 Å². The Morgan fingerprint density at radius 1 is 1.04 bits per heavy atom. The maximum absolute atomic E-state index is 12.1. The minimum atomic E-state index is -1.29. The van der Waals surface area contributed by atoms with Crippen LogP contribution in [-0.2, 0) is 24.0 Å². The molecule has 0 bridgehead atoms. The highest BCUT2D eigenvalue weighted by Crippen LogP contribution is 1.98. The zero-order chi connectivity index (χ0) is 20.3. The maximum atomic E-state index is 12.1. The number of carbonyl (C=O) groups excluding carboxylic acids is 4. The molecule has 0 aromatic rings. The van der Waals surface area contributed by atoms with Crippen LogP contribution in [0.1, 0.15) is 12.8 Å². The van der Waals surface area contributed by atoms with Crippen molar-refractivity contribution in [2.45, 2.75) is 31.0 Å². The fraction of sp³-hybridized carbons (Fsp3) is 0.615. The summed E-state index contributed by atoms with van der Waals surface area (Å²) in [5, 5.41) is 24.2. The molecule has 0 radical (unpaired) electrons. The number of carboxylic acid groups (broad SMARTS) is 1. The van der Waals surface area contributed by atoms with Crippen molar-refractivity contribution in [3.63, 3.8) is 0 Å². The monoisotopic (exact) mass is 393 g/mol. The van der Waals surface area contributed by atoms with Gasteiger partial charge < -0.3 is 37.6 Å². The van der Waals surface area contributed by atoms with Crippen LogP contribution in [0.15, 0.2) is 0 Å². The molecule has 3 unspecified atom stereocenters. The van der Waals surface area contributed by atoms with Gasteiger partial charge in [0.15, 0.2) is 0 Å². The number of primary amides is 1. The lowest BCUT2D eigenvalue weighted by Gasteiger charge is -2.20. The third kappa shape index (κ3) is 9.19. The van der Waals surface area contributed by atoms with Gasteiger partial charge in [-0.25, -0.2) is 4.79 Å². The summed E-state index contributed by atoms with van der Waals surface area (Å²) in [5.41, 5.74) is 10.3. The van der Waals surface area contributed by atoms with E-state index in [-0.39, 0.29) is 18.6 Å². The first-order valence-corrected chi connectivity index (χ1v) is 8.11. The van der Waals surface area contributed by atoms with Crippen molar-refractivity contribution >= 4 is 42.2 Å². The Morgan fingerprint density at radius 2 is 1.65 bits per heavy atom. The molecule has 4 amide bonds. The Balaban J connectivity index is 4.74. The number of hydrogen-bond acceptors (Lipinski definition) is 8. The molecule has 9 N–H and O–H groups in total. The highest BCUT2D eigenvalue weighted by molar-refractivity contribution is 7.80. The van der Waals surface area contributed by atoms with Gasteiger partial charge in [-0.15, -0.1) is 0 Å². The Bertz CT molecular complexity index is 545. The van der Waals surface area contributed by atoms with E-state index in [4.69, 9.17) is 21.7 Å². The van der Waals surface area contributed by atoms with E-state index in [1.54, 1.807) is 0 Å². The first kappa shape index (κ1) is 23.6. The van der Waals surface area contributed by atoms with Crippen molar-refractivity contribution in [1.29, 1.82) is 0 Å². The SMILES string of the molecule is NC(=O)CCC(NC(=O)C(N)CO)C(=O)NCC(=O)NC(CS)C(=O)O. The summed E-state index contributed by atoms with van der Waals surface area (Å²) in [4.78, 5) is 57.1. The number of aliphatic hydroxyl groups is 1. The Hall–Kier alpha value is -2.38. The van der Waals surface area contributed by atoms with E-state index >= 15 is 0 Å². The number of aliphatic hydroxyl groups excluding tert-OH is 1. The van der Waals surface area contributed by atoms with E-state index in [0.717, 1.165) is 0 Å². The van der Waals surface area contributed by atoms with Crippen molar-refractivity contribution < 1.29 is 34.2 Å². The van der Waals surface area contributed by atoms with Gasteiger partial charge in [0, 0.05) is 12.2 Å². The van der Waals surface area contributed by atoms with Crippen LogP contribution in [0, 0.1) is 0 Å². The zero-order valence-electron chi connectivity index (χ0n) is 13.8. The Labute approximate surface area is 154 Å². The summed E-state index contributed by atoms with van der Waals surface area (Å²) in [6.45, 7) is -1.22. The highest BCUT2D eigenvalue weighted by Gasteiger charge is 2.25. The Kier molecular flexibility index (Phi) is 10.9. The van der Waals surface area contributed by atoms with Gasteiger partial charge in [-0.3, -0.25) is 19.2 Å². The number of thiol groups is 1. The number of nitrogens with one attached hydrogen (secondary N) is 3. The number of aliphatic carboxylic acids is 1. The van der Waals surface area contributed by atoms with Gasteiger partial charge in [-0.05, 0) is 6.42 Å². The van der Waals surface area contributed by atoms with E-state index in [2.05, 4.69) is 28.6 Å². The number of carboxylic acids is 1. The average molecular weight is 393 g/mol. The second kappa shape index (κ2) is 12.1. The molecule has 0 fully saturated rings. The third-order valence-corrected chi connectivity index (χ3v) is 3.45. The number of carbonyl (C=O) groups is 5. The fourth-order valence-corrected chi connectivity index (χ4v) is 1.89. The summed E-state index contributed by atoms with van der Waals surface area (Å²) >= 11 is 3.78. The molecule has 3 atom stereocenters. The number of hydrogen-bond donors (Lipinski definition) is 8. The van der Waals surface area contributed by atoms with Crippen LogP contribution in [0.4, 0.5) is 0 Å². The molecule has 0 saturated carbocycles. The van der Waals surface area contributed by atoms with Crippen LogP contribution in [0.25, 0.3) is 0 Å². The molecule has 148 valence electrons. The number of amides is 4. The summed E-state index contributed by atoms with van der Waals surface area (Å²) in [7, 11) is 0. The first-order chi connectivity index (χ1) is 12.1. The Morgan fingerprint density at radius 3 is 2.12 bits per heavy atom. The molecule has 0 aliphatic rings. The van der Waals surface area contributed by atoms with Gasteiger partial charge in [0.25, 0.3) is 0 Å². The van der Waals surface area contributed by atoms with E-state index in [0.29, 0.717) is 0 Å². The second-order valence-corrected chi connectivity index (χ2v) is 5.58. The van der Waals surface area contributed by atoms with Gasteiger partial charge >= 0.3 is 5.97 Å². The molecule has 12 nitrogen and oxygen atoms in total. The third-order valence-electron chi connectivity index (χ3n) is 3.08. The molecule has 0 saturated heterocycles. The fourth-order valence-electron chi connectivity index (χ4n) is 1.64. The van der Waals surface area contributed by atoms with Crippen LogP contribution in [-0.4, -0.2) is 76.8 Å². The van der Waals surface area contributed by atoms with Crippen LogP contribution < -0.4 is 27.4 Å². The summed E-state index contributed by atoms with van der Waals surface area (Å²) < 4.78 is 0. The molecule has 0 aromatic heterocycles. The number of rotatable bonds is 12. The van der Waals surface area contributed by atoms with Gasteiger partial charge in [0.1, 0.15) is 18.1 Å². The van der Waals surface area contributed by atoms with Crippen LogP contribution >= 0.6 is 12.6 Å². The summed E-state index contributed by atoms with van der Waals surface area (Å²) in [6, 6.07) is -3.72. The van der Waals surface area contributed by atoms with Crippen molar-refractivity contribution in [1.82, 2.24) is 16.0 Å². The molecule has 0 aliphatic carbocycles.